The highest BCUT2D eigenvalue weighted by molar-refractivity contribution is 5.97. The van der Waals surface area contributed by atoms with E-state index in [-0.39, 0.29) is 17.3 Å². The molecular formula is C19H25NO3. The molecule has 1 saturated heterocycles. The van der Waals surface area contributed by atoms with Crippen molar-refractivity contribution in [3.8, 4) is 0 Å². The molecule has 0 bridgehead atoms. The average molecular weight is 315 g/mol. The van der Waals surface area contributed by atoms with Gasteiger partial charge in [0.1, 0.15) is 5.60 Å². The molecule has 124 valence electrons. The summed E-state index contributed by atoms with van der Waals surface area (Å²) in [6, 6.07) is 7.74. The highest BCUT2D eigenvalue weighted by Crippen LogP contribution is 2.52. The largest absolute Gasteiger partial charge is 0.444 e. The van der Waals surface area contributed by atoms with Crippen LogP contribution in [0.3, 0.4) is 0 Å². The van der Waals surface area contributed by atoms with Gasteiger partial charge in [-0.3, -0.25) is 9.69 Å². The third-order valence-corrected chi connectivity index (χ3v) is 4.67. The molecule has 1 unspecified atom stereocenters. The first-order valence-corrected chi connectivity index (χ1v) is 8.30. The molecule has 2 aliphatic rings. The summed E-state index contributed by atoms with van der Waals surface area (Å²) in [5, 5.41) is 0. The third-order valence-electron chi connectivity index (χ3n) is 4.67. The van der Waals surface area contributed by atoms with E-state index in [4.69, 9.17) is 4.74 Å². The molecule has 1 saturated carbocycles. The van der Waals surface area contributed by atoms with E-state index in [0.29, 0.717) is 13.0 Å². The number of rotatable bonds is 2. The maximum atomic E-state index is 12.8. The fraction of sp³-hybridized carbons (Fsp3) is 0.579. The summed E-state index contributed by atoms with van der Waals surface area (Å²) in [7, 11) is 0. The zero-order valence-corrected chi connectivity index (χ0v) is 14.4. The van der Waals surface area contributed by atoms with Crippen molar-refractivity contribution in [2.45, 2.75) is 58.6 Å². The molecule has 2 fully saturated rings. The number of Topliss-reactive ketones (excluding diaryl/α,β-unsaturated/α-hetero) is 1. The Kier molecular flexibility index (Phi) is 3.74. The number of hydrogen-bond donors (Lipinski definition) is 0. The van der Waals surface area contributed by atoms with Gasteiger partial charge in [0, 0.05) is 18.4 Å². The van der Waals surface area contributed by atoms with Gasteiger partial charge in [0.05, 0.1) is 6.04 Å². The lowest BCUT2D eigenvalue weighted by Gasteiger charge is -2.28. The van der Waals surface area contributed by atoms with Crippen molar-refractivity contribution in [2.75, 3.05) is 6.54 Å². The van der Waals surface area contributed by atoms with Gasteiger partial charge in [-0.2, -0.15) is 0 Å². The zero-order chi connectivity index (χ0) is 16.8. The summed E-state index contributed by atoms with van der Waals surface area (Å²) in [6.07, 6.45) is 2.00. The Morgan fingerprint density at radius 1 is 1.35 bits per heavy atom. The summed E-state index contributed by atoms with van der Waals surface area (Å²) in [6.45, 7) is 8.10. The Labute approximate surface area is 137 Å². The van der Waals surface area contributed by atoms with Crippen molar-refractivity contribution in [3.63, 3.8) is 0 Å². The van der Waals surface area contributed by atoms with Gasteiger partial charge in [-0.1, -0.05) is 29.8 Å². The molecule has 1 spiro atoms. The van der Waals surface area contributed by atoms with Crippen LogP contribution in [0, 0.1) is 12.3 Å². The molecule has 1 aliphatic carbocycles. The lowest BCUT2D eigenvalue weighted by molar-refractivity contribution is -0.123. The molecule has 1 aliphatic heterocycles. The first-order chi connectivity index (χ1) is 10.7. The summed E-state index contributed by atoms with van der Waals surface area (Å²) in [5.74, 6) is 0.213. The normalized spacial score (nSPS) is 22.5. The third kappa shape index (κ3) is 3.26. The van der Waals surface area contributed by atoms with E-state index in [1.165, 1.54) is 0 Å². The smallest absolute Gasteiger partial charge is 0.410 e. The summed E-state index contributed by atoms with van der Waals surface area (Å²) < 4.78 is 5.52. The predicted octanol–water partition coefficient (Wildman–Crippen LogP) is 3.51. The van der Waals surface area contributed by atoms with E-state index in [0.717, 1.165) is 24.0 Å². The number of ketones is 1. The second kappa shape index (κ2) is 5.36. The molecular weight excluding hydrogens is 290 g/mol. The SMILES string of the molecule is Cc1cccc(CC2C(=O)C3(CC3)CN2C(=O)OC(C)(C)C)c1. The molecule has 0 radical (unpaired) electrons. The van der Waals surface area contributed by atoms with E-state index in [1.54, 1.807) is 4.90 Å². The van der Waals surface area contributed by atoms with Gasteiger partial charge in [0.15, 0.2) is 5.78 Å². The minimum atomic E-state index is -0.548. The number of hydrogen-bond acceptors (Lipinski definition) is 3. The summed E-state index contributed by atoms with van der Waals surface area (Å²) in [5.41, 5.74) is 1.42. The van der Waals surface area contributed by atoms with Crippen LogP contribution in [0.2, 0.25) is 0 Å². The molecule has 1 aromatic carbocycles. The fourth-order valence-corrected chi connectivity index (χ4v) is 3.34. The van der Waals surface area contributed by atoms with Crippen LogP contribution in [0.25, 0.3) is 0 Å². The fourth-order valence-electron chi connectivity index (χ4n) is 3.34. The van der Waals surface area contributed by atoms with Crippen LogP contribution in [0.1, 0.15) is 44.7 Å². The van der Waals surface area contributed by atoms with Crippen LogP contribution < -0.4 is 0 Å². The van der Waals surface area contributed by atoms with E-state index < -0.39 is 11.6 Å². The van der Waals surface area contributed by atoms with Crippen LogP contribution in [0.15, 0.2) is 24.3 Å². The standard InChI is InChI=1S/C19H25NO3/c1-13-6-5-7-14(10-13)11-15-16(21)19(8-9-19)12-20(15)17(22)23-18(2,3)4/h5-7,10,15H,8-9,11-12H2,1-4H3. The van der Waals surface area contributed by atoms with Gasteiger partial charge in [-0.15, -0.1) is 0 Å². The van der Waals surface area contributed by atoms with E-state index >= 15 is 0 Å². The topological polar surface area (TPSA) is 46.6 Å². The Balaban J connectivity index is 1.82. The highest BCUT2D eigenvalue weighted by atomic mass is 16.6. The van der Waals surface area contributed by atoms with Crippen LogP contribution in [0.5, 0.6) is 0 Å². The average Bonchev–Trinajstić information content (AvgIpc) is 3.15. The van der Waals surface area contributed by atoms with Crippen LogP contribution >= 0.6 is 0 Å². The van der Waals surface area contributed by atoms with Crippen LogP contribution in [-0.2, 0) is 16.0 Å². The minimum absolute atomic E-state index is 0.213. The second-order valence-corrected chi connectivity index (χ2v) is 7.96. The monoisotopic (exact) mass is 315 g/mol. The maximum absolute atomic E-state index is 12.8. The Bertz CT molecular complexity index is 640. The summed E-state index contributed by atoms with van der Waals surface area (Å²) in [4.78, 5) is 27.0. The minimum Gasteiger partial charge on any atom is -0.444 e. The molecule has 1 atom stereocenters. The van der Waals surface area contributed by atoms with E-state index in [1.807, 2.05) is 45.9 Å². The molecule has 4 heteroatoms. The van der Waals surface area contributed by atoms with Crippen molar-refractivity contribution < 1.29 is 14.3 Å². The first-order valence-electron chi connectivity index (χ1n) is 8.30. The number of benzene rings is 1. The first kappa shape index (κ1) is 16.0. The lowest BCUT2D eigenvalue weighted by atomic mass is 9.96. The van der Waals surface area contributed by atoms with Gasteiger partial charge in [0.2, 0.25) is 0 Å². The number of amides is 1. The molecule has 1 amide bonds. The number of nitrogens with zero attached hydrogens (tertiary/aromatic N) is 1. The molecule has 0 N–H and O–H groups in total. The Morgan fingerprint density at radius 2 is 2.04 bits per heavy atom. The summed E-state index contributed by atoms with van der Waals surface area (Å²) >= 11 is 0. The van der Waals surface area contributed by atoms with Gasteiger partial charge in [-0.25, -0.2) is 4.79 Å². The zero-order valence-electron chi connectivity index (χ0n) is 14.4. The van der Waals surface area contributed by atoms with Gasteiger partial charge < -0.3 is 4.74 Å². The molecule has 0 aromatic heterocycles. The van der Waals surface area contributed by atoms with Crippen molar-refractivity contribution in [1.82, 2.24) is 4.90 Å². The van der Waals surface area contributed by atoms with Gasteiger partial charge >= 0.3 is 6.09 Å². The van der Waals surface area contributed by atoms with Crippen LogP contribution in [0.4, 0.5) is 4.79 Å². The van der Waals surface area contributed by atoms with Crippen molar-refractivity contribution >= 4 is 11.9 Å². The van der Waals surface area contributed by atoms with Gasteiger partial charge in [0.25, 0.3) is 0 Å². The van der Waals surface area contributed by atoms with Crippen molar-refractivity contribution in [3.05, 3.63) is 35.4 Å². The number of likely N-dealkylation sites (tertiary alicyclic amines) is 1. The molecule has 3 rings (SSSR count). The predicted molar refractivity (Wildman–Crippen MR) is 88.3 cm³/mol. The number of ether oxygens (including phenoxy) is 1. The molecule has 23 heavy (non-hydrogen) atoms. The quantitative estimate of drug-likeness (QED) is 0.839. The van der Waals surface area contributed by atoms with E-state index in [9.17, 15) is 9.59 Å². The van der Waals surface area contributed by atoms with E-state index in [2.05, 4.69) is 6.07 Å². The maximum Gasteiger partial charge on any atom is 0.410 e. The van der Waals surface area contributed by atoms with Gasteiger partial charge in [-0.05, 0) is 46.1 Å². The number of aryl methyl sites for hydroxylation is 1. The lowest BCUT2D eigenvalue weighted by Crippen LogP contribution is -2.42. The Hall–Kier alpha value is -1.84. The second-order valence-electron chi connectivity index (χ2n) is 7.96. The van der Waals surface area contributed by atoms with Crippen molar-refractivity contribution in [2.24, 2.45) is 5.41 Å². The number of carbonyl (C=O) groups is 2. The molecule has 1 aromatic rings. The molecule has 1 heterocycles. The van der Waals surface area contributed by atoms with Crippen molar-refractivity contribution in [1.29, 1.82) is 0 Å². The molecule has 4 nitrogen and oxygen atoms in total. The van der Waals surface area contributed by atoms with Crippen LogP contribution in [-0.4, -0.2) is 35.0 Å². The highest BCUT2D eigenvalue weighted by Gasteiger charge is 2.60. The Morgan fingerprint density at radius 3 is 2.61 bits per heavy atom. The number of carbonyl (C=O) groups excluding carboxylic acids is 2.